The molecule has 15 heavy (non-hydrogen) atoms. The number of amides is 1. The first-order chi connectivity index (χ1) is 7.18. The van der Waals surface area contributed by atoms with Crippen LogP contribution in [-0.4, -0.2) is 10.9 Å². The van der Waals surface area contributed by atoms with Crippen molar-refractivity contribution in [3.05, 3.63) is 40.2 Å². The molecule has 0 aliphatic heterocycles. The number of aryl methyl sites for hydroxylation is 1. The van der Waals surface area contributed by atoms with Crippen LogP contribution in [0.1, 0.15) is 15.9 Å². The molecule has 4 heteroatoms. The second kappa shape index (κ2) is 3.82. The fourth-order valence-corrected chi connectivity index (χ4v) is 2.03. The molecule has 2 aromatic heterocycles. The number of hydrogen-bond acceptors (Lipinski definition) is 3. The van der Waals surface area contributed by atoms with Gasteiger partial charge in [-0.05, 0) is 30.0 Å². The van der Waals surface area contributed by atoms with Gasteiger partial charge in [-0.25, -0.2) is 0 Å². The van der Waals surface area contributed by atoms with Gasteiger partial charge < -0.3 is 5.73 Å². The van der Waals surface area contributed by atoms with Crippen molar-refractivity contribution in [3.8, 4) is 11.3 Å². The zero-order valence-electron chi connectivity index (χ0n) is 8.23. The molecule has 0 atom stereocenters. The molecule has 1 amide bonds. The summed E-state index contributed by atoms with van der Waals surface area (Å²) in [5.41, 5.74) is 8.33. The second-order valence-corrected chi connectivity index (χ2v) is 4.07. The van der Waals surface area contributed by atoms with Crippen molar-refractivity contribution in [2.75, 3.05) is 0 Å². The molecule has 0 unspecified atom stereocenters. The van der Waals surface area contributed by atoms with Crippen LogP contribution in [0.15, 0.2) is 29.1 Å². The Morgan fingerprint density at radius 2 is 2.33 bits per heavy atom. The quantitative estimate of drug-likeness (QED) is 0.840. The van der Waals surface area contributed by atoms with E-state index in [1.165, 1.54) is 0 Å². The molecule has 3 nitrogen and oxygen atoms in total. The predicted octanol–water partition coefficient (Wildman–Crippen LogP) is 2.22. The van der Waals surface area contributed by atoms with E-state index in [9.17, 15) is 4.79 Å². The molecule has 2 aromatic rings. The molecule has 0 aliphatic rings. The van der Waals surface area contributed by atoms with Crippen LogP contribution in [-0.2, 0) is 0 Å². The molecule has 0 aliphatic carbocycles. The number of nitrogens with two attached hydrogens (primary N) is 1. The largest absolute Gasteiger partial charge is 0.366 e. The lowest BCUT2D eigenvalue weighted by Crippen LogP contribution is -2.13. The number of nitrogens with zero attached hydrogens (tertiary/aromatic N) is 1. The number of carbonyl (C=O) groups excluding carboxylic acids is 1. The van der Waals surface area contributed by atoms with Crippen molar-refractivity contribution in [3.63, 3.8) is 0 Å². The number of carbonyl (C=O) groups is 1. The molecule has 76 valence electrons. The number of thiophene rings is 1. The highest BCUT2D eigenvalue weighted by atomic mass is 32.1. The molecular weight excluding hydrogens is 208 g/mol. The van der Waals surface area contributed by atoms with Gasteiger partial charge in [0.25, 0.3) is 5.91 Å². The van der Waals surface area contributed by atoms with E-state index in [0.29, 0.717) is 11.3 Å². The Bertz CT molecular complexity index is 491. The summed E-state index contributed by atoms with van der Waals surface area (Å²) in [6.07, 6.45) is 1.74. The van der Waals surface area contributed by atoms with Gasteiger partial charge in [-0.1, -0.05) is 0 Å². The number of rotatable bonds is 2. The summed E-state index contributed by atoms with van der Waals surface area (Å²) in [6, 6.07) is 3.69. The van der Waals surface area contributed by atoms with Crippen molar-refractivity contribution in [2.24, 2.45) is 5.73 Å². The van der Waals surface area contributed by atoms with E-state index < -0.39 is 5.91 Å². The molecule has 2 N–H and O–H groups in total. The minimum atomic E-state index is -0.438. The van der Waals surface area contributed by atoms with Crippen molar-refractivity contribution >= 4 is 17.2 Å². The van der Waals surface area contributed by atoms with E-state index >= 15 is 0 Å². The van der Waals surface area contributed by atoms with Crippen molar-refractivity contribution in [2.45, 2.75) is 6.92 Å². The minimum absolute atomic E-state index is 0.438. The van der Waals surface area contributed by atoms with Crippen LogP contribution in [0.2, 0.25) is 0 Å². The van der Waals surface area contributed by atoms with Crippen LogP contribution < -0.4 is 5.73 Å². The van der Waals surface area contributed by atoms with Gasteiger partial charge >= 0.3 is 0 Å². The van der Waals surface area contributed by atoms with E-state index in [4.69, 9.17) is 5.73 Å². The molecule has 0 radical (unpaired) electrons. The summed E-state index contributed by atoms with van der Waals surface area (Å²) in [5.74, 6) is -0.438. The number of pyridine rings is 1. The van der Waals surface area contributed by atoms with E-state index in [1.54, 1.807) is 23.6 Å². The van der Waals surface area contributed by atoms with Gasteiger partial charge in [0.05, 0.1) is 11.3 Å². The fourth-order valence-electron chi connectivity index (χ4n) is 1.39. The Morgan fingerprint density at radius 3 is 2.93 bits per heavy atom. The Hall–Kier alpha value is -1.68. The van der Waals surface area contributed by atoms with Crippen molar-refractivity contribution < 1.29 is 4.79 Å². The topological polar surface area (TPSA) is 56.0 Å². The first kappa shape index (κ1) is 9.86. The molecule has 0 fully saturated rings. The molecular formula is C11H10N2OS. The van der Waals surface area contributed by atoms with Gasteiger partial charge in [-0.15, -0.1) is 0 Å². The average Bonchev–Trinajstić information content (AvgIpc) is 2.70. The lowest BCUT2D eigenvalue weighted by molar-refractivity contribution is 0.100. The van der Waals surface area contributed by atoms with Crippen LogP contribution in [0.5, 0.6) is 0 Å². The van der Waals surface area contributed by atoms with Crippen LogP contribution in [0.25, 0.3) is 11.3 Å². The number of primary amides is 1. The Labute approximate surface area is 91.6 Å². The van der Waals surface area contributed by atoms with Crippen LogP contribution in [0.4, 0.5) is 0 Å². The van der Waals surface area contributed by atoms with E-state index in [2.05, 4.69) is 4.98 Å². The van der Waals surface area contributed by atoms with E-state index in [1.807, 2.05) is 23.8 Å². The normalized spacial score (nSPS) is 10.2. The maximum Gasteiger partial charge on any atom is 0.250 e. The Kier molecular flexibility index (Phi) is 2.51. The third kappa shape index (κ3) is 1.89. The van der Waals surface area contributed by atoms with Gasteiger partial charge in [0.2, 0.25) is 0 Å². The third-order valence-electron chi connectivity index (χ3n) is 2.08. The zero-order chi connectivity index (χ0) is 10.8. The predicted molar refractivity (Wildman–Crippen MR) is 60.8 cm³/mol. The maximum atomic E-state index is 11.3. The third-order valence-corrected chi connectivity index (χ3v) is 2.77. The molecule has 0 spiro atoms. The highest BCUT2D eigenvalue weighted by molar-refractivity contribution is 7.08. The van der Waals surface area contributed by atoms with Gasteiger partial charge in [-0.3, -0.25) is 9.78 Å². The summed E-state index contributed by atoms with van der Waals surface area (Å²) < 4.78 is 0. The van der Waals surface area contributed by atoms with Gasteiger partial charge in [-0.2, -0.15) is 11.3 Å². The summed E-state index contributed by atoms with van der Waals surface area (Å²) in [5, 5.41) is 3.89. The second-order valence-electron chi connectivity index (χ2n) is 3.29. The lowest BCUT2D eigenvalue weighted by atomic mass is 10.1. The molecule has 0 saturated heterocycles. The zero-order valence-corrected chi connectivity index (χ0v) is 9.04. The minimum Gasteiger partial charge on any atom is -0.366 e. The lowest BCUT2D eigenvalue weighted by Gasteiger charge is -2.04. The standard InChI is InChI=1S/C11H10N2OS/c1-7-4-9(11(12)14)10(13-5-7)8-2-3-15-6-8/h2-6H,1H3,(H2,12,14). The SMILES string of the molecule is Cc1cnc(-c2ccsc2)c(C(N)=O)c1. The van der Waals surface area contributed by atoms with Gasteiger partial charge in [0, 0.05) is 17.1 Å². The highest BCUT2D eigenvalue weighted by Crippen LogP contribution is 2.23. The average molecular weight is 218 g/mol. The molecule has 0 aromatic carbocycles. The van der Waals surface area contributed by atoms with Crippen LogP contribution >= 0.6 is 11.3 Å². The summed E-state index contributed by atoms with van der Waals surface area (Å²) >= 11 is 1.57. The van der Waals surface area contributed by atoms with E-state index in [0.717, 1.165) is 11.1 Å². The van der Waals surface area contributed by atoms with Crippen LogP contribution in [0, 0.1) is 6.92 Å². The van der Waals surface area contributed by atoms with Gasteiger partial charge in [0.1, 0.15) is 0 Å². The Morgan fingerprint density at radius 1 is 1.53 bits per heavy atom. The molecule has 0 bridgehead atoms. The molecule has 2 rings (SSSR count). The molecule has 2 heterocycles. The monoisotopic (exact) mass is 218 g/mol. The van der Waals surface area contributed by atoms with E-state index in [-0.39, 0.29) is 0 Å². The first-order valence-electron chi connectivity index (χ1n) is 4.47. The van der Waals surface area contributed by atoms with Crippen molar-refractivity contribution in [1.82, 2.24) is 4.98 Å². The maximum absolute atomic E-state index is 11.3. The number of hydrogen-bond donors (Lipinski definition) is 1. The summed E-state index contributed by atoms with van der Waals surface area (Å²) in [7, 11) is 0. The van der Waals surface area contributed by atoms with Crippen molar-refractivity contribution in [1.29, 1.82) is 0 Å². The highest BCUT2D eigenvalue weighted by Gasteiger charge is 2.11. The Balaban J connectivity index is 2.61. The summed E-state index contributed by atoms with van der Waals surface area (Å²) in [4.78, 5) is 15.5. The summed E-state index contributed by atoms with van der Waals surface area (Å²) in [6.45, 7) is 1.89. The number of aromatic nitrogens is 1. The fraction of sp³-hybridized carbons (Fsp3) is 0.0909. The first-order valence-corrected chi connectivity index (χ1v) is 5.42. The smallest absolute Gasteiger partial charge is 0.250 e. The van der Waals surface area contributed by atoms with Gasteiger partial charge in [0.15, 0.2) is 0 Å². The molecule has 0 saturated carbocycles. The van der Waals surface area contributed by atoms with Crippen LogP contribution in [0.3, 0.4) is 0 Å².